The molecule has 0 unspecified atom stereocenters. The van der Waals surface area contributed by atoms with Gasteiger partial charge in [0.2, 0.25) is 0 Å². The third-order valence-corrected chi connectivity index (χ3v) is 2.72. The summed E-state index contributed by atoms with van der Waals surface area (Å²) < 4.78 is 9.86. The second-order valence-corrected chi connectivity index (χ2v) is 4.17. The lowest BCUT2D eigenvalue weighted by Crippen LogP contribution is -2.05. The molecule has 0 bridgehead atoms. The third-order valence-electron chi connectivity index (χ3n) is 2.72. The van der Waals surface area contributed by atoms with Crippen LogP contribution in [0.3, 0.4) is 0 Å². The molecular weight excluding hydrogens is 256 g/mol. The Morgan fingerprint density at radius 3 is 2.10 bits per heavy atom. The Morgan fingerprint density at radius 2 is 1.50 bits per heavy atom. The van der Waals surface area contributed by atoms with E-state index in [-0.39, 0.29) is 19.2 Å². The highest BCUT2D eigenvalue weighted by molar-refractivity contribution is 5.89. The van der Waals surface area contributed by atoms with Gasteiger partial charge in [-0.2, -0.15) is 0 Å². The second kappa shape index (κ2) is 7.09. The lowest BCUT2D eigenvalue weighted by Gasteiger charge is -2.06. The average Bonchev–Trinajstić information content (AvgIpc) is 2.52. The Hall–Kier alpha value is -2.62. The van der Waals surface area contributed by atoms with Crippen LogP contribution >= 0.6 is 0 Å². The summed E-state index contributed by atoms with van der Waals surface area (Å²) in [7, 11) is 0. The number of carbonyl (C=O) groups excluding carboxylic acids is 2. The molecule has 2 rings (SSSR count). The Kier molecular flexibility index (Phi) is 4.89. The molecule has 20 heavy (non-hydrogen) atoms. The van der Waals surface area contributed by atoms with Gasteiger partial charge in [-0.3, -0.25) is 4.79 Å². The summed E-state index contributed by atoms with van der Waals surface area (Å²) >= 11 is 0. The fourth-order valence-electron chi connectivity index (χ4n) is 1.67. The SMILES string of the molecule is O=COCc1ccc(COC(=O)c2ccccc2)cc1. The van der Waals surface area contributed by atoms with Crippen LogP contribution in [0.2, 0.25) is 0 Å². The van der Waals surface area contributed by atoms with Crippen LogP contribution in [0.25, 0.3) is 0 Å². The average molecular weight is 270 g/mol. The van der Waals surface area contributed by atoms with E-state index in [4.69, 9.17) is 4.74 Å². The van der Waals surface area contributed by atoms with E-state index in [1.807, 2.05) is 30.3 Å². The van der Waals surface area contributed by atoms with E-state index < -0.39 is 0 Å². The molecule has 0 atom stereocenters. The maximum absolute atomic E-state index is 11.7. The molecule has 0 aliphatic carbocycles. The number of rotatable bonds is 6. The first-order valence-corrected chi connectivity index (χ1v) is 6.15. The molecule has 0 heterocycles. The van der Waals surface area contributed by atoms with Crippen molar-refractivity contribution in [2.45, 2.75) is 13.2 Å². The maximum atomic E-state index is 11.7. The molecule has 0 aliphatic rings. The van der Waals surface area contributed by atoms with Crippen LogP contribution in [-0.4, -0.2) is 12.4 Å². The van der Waals surface area contributed by atoms with Crippen molar-refractivity contribution >= 4 is 12.4 Å². The summed E-state index contributed by atoms with van der Waals surface area (Å²) in [6.45, 7) is 0.867. The standard InChI is InChI=1S/C16H14O4/c17-12-19-10-13-6-8-14(9-7-13)11-20-16(18)15-4-2-1-3-5-15/h1-9,12H,10-11H2. The Morgan fingerprint density at radius 1 is 0.900 bits per heavy atom. The predicted molar refractivity (Wildman–Crippen MR) is 72.9 cm³/mol. The Labute approximate surface area is 116 Å². The van der Waals surface area contributed by atoms with Gasteiger partial charge in [-0.15, -0.1) is 0 Å². The van der Waals surface area contributed by atoms with Crippen molar-refractivity contribution < 1.29 is 19.1 Å². The molecule has 0 aromatic heterocycles. The highest BCUT2D eigenvalue weighted by Crippen LogP contribution is 2.09. The molecule has 0 spiro atoms. The van der Waals surface area contributed by atoms with Crippen molar-refractivity contribution in [2.24, 2.45) is 0 Å². The van der Waals surface area contributed by atoms with Crippen LogP contribution < -0.4 is 0 Å². The summed E-state index contributed by atoms with van der Waals surface area (Å²) in [5.74, 6) is -0.348. The summed E-state index contributed by atoms with van der Waals surface area (Å²) in [4.78, 5) is 21.8. The molecule has 0 saturated heterocycles. The zero-order valence-electron chi connectivity index (χ0n) is 10.8. The van der Waals surface area contributed by atoms with Gasteiger partial charge in [0, 0.05) is 0 Å². The molecule has 0 aliphatic heterocycles. The molecule has 0 saturated carbocycles. The summed E-state index contributed by atoms with van der Waals surface area (Å²) in [5, 5.41) is 0. The predicted octanol–water partition coefficient (Wildman–Crippen LogP) is 2.72. The molecule has 0 radical (unpaired) electrons. The number of benzene rings is 2. The summed E-state index contributed by atoms with van der Waals surface area (Å²) in [6.07, 6.45) is 0. The first kappa shape index (κ1) is 13.8. The fourth-order valence-corrected chi connectivity index (χ4v) is 1.67. The molecule has 4 heteroatoms. The van der Waals surface area contributed by atoms with E-state index in [0.29, 0.717) is 12.0 Å². The van der Waals surface area contributed by atoms with Crippen molar-refractivity contribution in [3.8, 4) is 0 Å². The van der Waals surface area contributed by atoms with Crippen molar-refractivity contribution in [1.82, 2.24) is 0 Å². The number of esters is 1. The van der Waals surface area contributed by atoms with Gasteiger partial charge in [-0.25, -0.2) is 4.79 Å². The van der Waals surface area contributed by atoms with Crippen molar-refractivity contribution in [3.05, 3.63) is 71.3 Å². The number of hydrogen-bond acceptors (Lipinski definition) is 4. The molecule has 0 N–H and O–H groups in total. The zero-order valence-corrected chi connectivity index (χ0v) is 10.8. The van der Waals surface area contributed by atoms with Crippen LogP contribution in [0, 0.1) is 0 Å². The van der Waals surface area contributed by atoms with Crippen molar-refractivity contribution in [1.29, 1.82) is 0 Å². The highest BCUT2D eigenvalue weighted by atomic mass is 16.5. The zero-order chi connectivity index (χ0) is 14.2. The van der Waals surface area contributed by atoms with Crippen LogP contribution in [0.4, 0.5) is 0 Å². The fraction of sp³-hybridized carbons (Fsp3) is 0.125. The lowest BCUT2D eigenvalue weighted by atomic mass is 10.1. The number of carbonyl (C=O) groups is 2. The van der Waals surface area contributed by atoms with Gasteiger partial charge in [-0.1, -0.05) is 42.5 Å². The topological polar surface area (TPSA) is 52.6 Å². The minimum absolute atomic E-state index is 0.211. The number of ether oxygens (including phenoxy) is 2. The molecule has 0 fully saturated rings. The number of hydrogen-bond donors (Lipinski definition) is 0. The lowest BCUT2D eigenvalue weighted by molar-refractivity contribution is -0.129. The van der Waals surface area contributed by atoms with Crippen molar-refractivity contribution in [3.63, 3.8) is 0 Å². The quantitative estimate of drug-likeness (QED) is 0.598. The van der Waals surface area contributed by atoms with E-state index in [0.717, 1.165) is 11.1 Å². The molecule has 102 valence electrons. The largest absolute Gasteiger partial charge is 0.463 e. The van der Waals surface area contributed by atoms with Crippen LogP contribution in [0.5, 0.6) is 0 Å². The molecule has 2 aromatic rings. The van der Waals surface area contributed by atoms with E-state index in [1.165, 1.54) is 0 Å². The van der Waals surface area contributed by atoms with Gasteiger partial charge in [0.25, 0.3) is 6.47 Å². The molecule has 0 amide bonds. The van der Waals surface area contributed by atoms with E-state index >= 15 is 0 Å². The van der Waals surface area contributed by atoms with Gasteiger partial charge in [0.1, 0.15) is 13.2 Å². The van der Waals surface area contributed by atoms with E-state index in [2.05, 4.69) is 4.74 Å². The van der Waals surface area contributed by atoms with E-state index in [1.54, 1.807) is 24.3 Å². The van der Waals surface area contributed by atoms with Crippen LogP contribution in [0.15, 0.2) is 54.6 Å². The monoisotopic (exact) mass is 270 g/mol. The van der Waals surface area contributed by atoms with Gasteiger partial charge < -0.3 is 9.47 Å². The van der Waals surface area contributed by atoms with Crippen LogP contribution in [0.1, 0.15) is 21.5 Å². The Bertz CT molecular complexity index is 561. The van der Waals surface area contributed by atoms with Crippen molar-refractivity contribution in [2.75, 3.05) is 0 Å². The highest BCUT2D eigenvalue weighted by Gasteiger charge is 2.06. The van der Waals surface area contributed by atoms with E-state index in [9.17, 15) is 9.59 Å². The third kappa shape index (κ3) is 3.95. The minimum Gasteiger partial charge on any atom is -0.463 e. The first-order valence-electron chi connectivity index (χ1n) is 6.15. The van der Waals surface area contributed by atoms with Gasteiger partial charge in [0.15, 0.2) is 0 Å². The second-order valence-electron chi connectivity index (χ2n) is 4.17. The molecule has 4 nitrogen and oxygen atoms in total. The minimum atomic E-state index is -0.348. The Balaban J connectivity index is 1.88. The van der Waals surface area contributed by atoms with Gasteiger partial charge in [-0.05, 0) is 23.3 Å². The normalized spacial score (nSPS) is 9.80. The molecule has 2 aromatic carbocycles. The smallest absolute Gasteiger partial charge is 0.338 e. The molecular formula is C16H14O4. The summed E-state index contributed by atoms with van der Waals surface area (Å²) in [5.41, 5.74) is 2.29. The van der Waals surface area contributed by atoms with Gasteiger partial charge in [0.05, 0.1) is 5.56 Å². The van der Waals surface area contributed by atoms with Gasteiger partial charge >= 0.3 is 5.97 Å². The van der Waals surface area contributed by atoms with Crippen LogP contribution in [-0.2, 0) is 27.5 Å². The maximum Gasteiger partial charge on any atom is 0.338 e. The summed E-state index contributed by atoms with van der Waals surface area (Å²) in [6, 6.07) is 16.2. The first-order chi connectivity index (χ1) is 9.79.